The van der Waals surface area contributed by atoms with E-state index in [0.717, 1.165) is 16.7 Å². The van der Waals surface area contributed by atoms with E-state index in [2.05, 4.69) is 15.0 Å². The summed E-state index contributed by atoms with van der Waals surface area (Å²) in [5.41, 5.74) is 2.86. The zero-order valence-corrected chi connectivity index (χ0v) is 11.7. The molecule has 0 aliphatic heterocycles. The van der Waals surface area contributed by atoms with Gasteiger partial charge in [-0.25, -0.2) is 0 Å². The lowest BCUT2D eigenvalue weighted by Gasteiger charge is -2.11. The lowest BCUT2D eigenvalue weighted by Crippen LogP contribution is -1.99. The highest BCUT2D eigenvalue weighted by molar-refractivity contribution is 6.31. The second kappa shape index (κ2) is 5.08. The van der Waals surface area contributed by atoms with Gasteiger partial charge in [-0.3, -0.25) is 0 Å². The summed E-state index contributed by atoms with van der Waals surface area (Å²) < 4.78 is 5.35. The standard InChI is InChI=1S/C12H11Cl2N3O/c1-6-4-7(2)9(8(5-6)18-3)10-15-11(13)17-12(14)16-10/h4-5H,1-3H3. The summed E-state index contributed by atoms with van der Waals surface area (Å²) in [7, 11) is 1.60. The van der Waals surface area contributed by atoms with Crippen molar-refractivity contribution in [2.75, 3.05) is 7.11 Å². The van der Waals surface area contributed by atoms with E-state index in [-0.39, 0.29) is 10.6 Å². The van der Waals surface area contributed by atoms with Crippen molar-refractivity contribution in [1.82, 2.24) is 15.0 Å². The van der Waals surface area contributed by atoms with Gasteiger partial charge in [0.1, 0.15) is 5.75 Å². The molecule has 0 spiro atoms. The molecule has 18 heavy (non-hydrogen) atoms. The summed E-state index contributed by atoms with van der Waals surface area (Å²) in [6, 6.07) is 3.93. The second-order valence-electron chi connectivity index (χ2n) is 3.86. The Balaban J connectivity index is 2.69. The van der Waals surface area contributed by atoms with Crippen LogP contribution in [-0.2, 0) is 0 Å². The molecule has 94 valence electrons. The Bertz CT molecular complexity index is 582. The molecule has 6 heteroatoms. The van der Waals surface area contributed by atoms with Gasteiger partial charge in [0.05, 0.1) is 12.7 Å². The predicted molar refractivity (Wildman–Crippen MR) is 71.3 cm³/mol. The van der Waals surface area contributed by atoms with Crippen LogP contribution in [0.1, 0.15) is 11.1 Å². The molecule has 0 aliphatic carbocycles. The van der Waals surface area contributed by atoms with E-state index >= 15 is 0 Å². The maximum atomic E-state index is 5.79. The summed E-state index contributed by atoms with van der Waals surface area (Å²) in [6.45, 7) is 3.95. The van der Waals surface area contributed by atoms with Crippen LogP contribution in [0.5, 0.6) is 5.75 Å². The molecule has 4 nitrogen and oxygen atoms in total. The molecule has 0 fully saturated rings. The van der Waals surface area contributed by atoms with Crippen LogP contribution >= 0.6 is 23.2 Å². The maximum Gasteiger partial charge on any atom is 0.227 e. The lowest BCUT2D eigenvalue weighted by atomic mass is 10.0. The zero-order valence-electron chi connectivity index (χ0n) is 10.2. The van der Waals surface area contributed by atoms with Crippen LogP contribution in [0, 0.1) is 13.8 Å². The zero-order chi connectivity index (χ0) is 13.3. The SMILES string of the molecule is COc1cc(C)cc(C)c1-c1nc(Cl)nc(Cl)n1. The first-order valence-electron chi connectivity index (χ1n) is 5.24. The quantitative estimate of drug-likeness (QED) is 0.847. The highest BCUT2D eigenvalue weighted by atomic mass is 35.5. The summed E-state index contributed by atoms with van der Waals surface area (Å²) in [5, 5.41) is 0.124. The van der Waals surface area contributed by atoms with Crippen molar-refractivity contribution in [3.8, 4) is 17.1 Å². The topological polar surface area (TPSA) is 47.9 Å². The van der Waals surface area contributed by atoms with E-state index in [1.54, 1.807) is 7.11 Å². The number of aromatic nitrogens is 3. The highest BCUT2D eigenvalue weighted by Crippen LogP contribution is 2.32. The van der Waals surface area contributed by atoms with Gasteiger partial charge in [0.2, 0.25) is 10.6 Å². The molecule has 2 aromatic rings. The third kappa shape index (κ3) is 2.54. The Hall–Kier alpha value is -1.39. The molecule has 1 aromatic carbocycles. The lowest BCUT2D eigenvalue weighted by molar-refractivity contribution is 0.415. The average Bonchev–Trinajstić information content (AvgIpc) is 2.26. The van der Waals surface area contributed by atoms with Gasteiger partial charge in [-0.1, -0.05) is 6.07 Å². The molecule has 0 saturated carbocycles. The molecular formula is C12H11Cl2N3O. The molecular weight excluding hydrogens is 273 g/mol. The van der Waals surface area contributed by atoms with Crippen LogP contribution in [0.25, 0.3) is 11.4 Å². The Kier molecular flexibility index (Phi) is 3.68. The van der Waals surface area contributed by atoms with E-state index in [0.29, 0.717) is 11.6 Å². The number of halogens is 2. The Labute approximate surface area is 115 Å². The van der Waals surface area contributed by atoms with Crippen molar-refractivity contribution >= 4 is 23.2 Å². The first-order valence-corrected chi connectivity index (χ1v) is 5.99. The third-order valence-corrected chi connectivity index (χ3v) is 2.81. The molecule has 0 amide bonds. The Morgan fingerprint density at radius 3 is 2.17 bits per heavy atom. The van der Waals surface area contributed by atoms with Crippen molar-refractivity contribution in [2.45, 2.75) is 13.8 Å². The third-order valence-electron chi connectivity index (χ3n) is 2.47. The molecule has 1 heterocycles. The minimum absolute atomic E-state index is 0.0621. The number of hydrogen-bond donors (Lipinski definition) is 0. The molecule has 0 bridgehead atoms. The van der Waals surface area contributed by atoms with Crippen LogP contribution in [0.2, 0.25) is 10.6 Å². The van der Waals surface area contributed by atoms with E-state index in [9.17, 15) is 0 Å². The van der Waals surface area contributed by atoms with Crippen molar-refractivity contribution in [2.24, 2.45) is 0 Å². The first kappa shape index (κ1) is 13.1. The highest BCUT2D eigenvalue weighted by Gasteiger charge is 2.14. The van der Waals surface area contributed by atoms with Crippen LogP contribution < -0.4 is 4.74 Å². The summed E-state index contributed by atoms with van der Waals surface area (Å²) in [5.74, 6) is 1.10. The fourth-order valence-electron chi connectivity index (χ4n) is 1.81. The van der Waals surface area contributed by atoms with E-state index in [1.807, 2.05) is 26.0 Å². The number of aryl methyl sites for hydroxylation is 2. The average molecular weight is 284 g/mol. The fourth-order valence-corrected chi connectivity index (χ4v) is 2.18. The van der Waals surface area contributed by atoms with Crippen molar-refractivity contribution < 1.29 is 4.74 Å². The Morgan fingerprint density at radius 1 is 1.00 bits per heavy atom. The number of rotatable bonds is 2. The number of nitrogens with zero attached hydrogens (tertiary/aromatic N) is 3. The normalized spacial score (nSPS) is 10.5. The molecule has 1 aromatic heterocycles. The molecule has 0 unspecified atom stereocenters. The van der Waals surface area contributed by atoms with Crippen LogP contribution in [-0.4, -0.2) is 22.1 Å². The number of ether oxygens (including phenoxy) is 1. The van der Waals surface area contributed by atoms with Gasteiger partial charge in [-0.05, 0) is 54.2 Å². The van der Waals surface area contributed by atoms with Crippen molar-refractivity contribution in [3.63, 3.8) is 0 Å². The molecule has 0 aliphatic rings. The maximum absolute atomic E-state index is 5.79. The van der Waals surface area contributed by atoms with Gasteiger partial charge in [0.15, 0.2) is 5.82 Å². The minimum Gasteiger partial charge on any atom is -0.496 e. The van der Waals surface area contributed by atoms with Gasteiger partial charge in [0.25, 0.3) is 0 Å². The summed E-state index contributed by atoms with van der Waals surface area (Å²) in [4.78, 5) is 11.9. The van der Waals surface area contributed by atoms with Gasteiger partial charge in [0, 0.05) is 0 Å². The largest absolute Gasteiger partial charge is 0.496 e. The second-order valence-corrected chi connectivity index (χ2v) is 4.53. The smallest absolute Gasteiger partial charge is 0.227 e. The van der Waals surface area contributed by atoms with E-state index < -0.39 is 0 Å². The van der Waals surface area contributed by atoms with Gasteiger partial charge >= 0.3 is 0 Å². The van der Waals surface area contributed by atoms with Crippen LogP contribution in [0.3, 0.4) is 0 Å². The van der Waals surface area contributed by atoms with Crippen LogP contribution in [0.15, 0.2) is 12.1 Å². The predicted octanol–water partition coefficient (Wildman–Crippen LogP) is 3.47. The Morgan fingerprint density at radius 2 is 1.61 bits per heavy atom. The van der Waals surface area contributed by atoms with E-state index in [1.165, 1.54) is 0 Å². The molecule has 0 atom stereocenters. The van der Waals surface area contributed by atoms with Crippen molar-refractivity contribution in [1.29, 1.82) is 0 Å². The van der Waals surface area contributed by atoms with E-state index in [4.69, 9.17) is 27.9 Å². The molecule has 0 radical (unpaired) electrons. The number of hydrogen-bond acceptors (Lipinski definition) is 4. The monoisotopic (exact) mass is 283 g/mol. The van der Waals surface area contributed by atoms with Crippen molar-refractivity contribution in [3.05, 3.63) is 33.8 Å². The molecule has 0 saturated heterocycles. The van der Waals surface area contributed by atoms with Gasteiger partial charge in [-0.15, -0.1) is 0 Å². The van der Waals surface area contributed by atoms with Gasteiger partial charge in [-0.2, -0.15) is 15.0 Å². The molecule has 2 rings (SSSR count). The van der Waals surface area contributed by atoms with Crippen LogP contribution in [0.4, 0.5) is 0 Å². The number of benzene rings is 1. The first-order chi connectivity index (χ1) is 8.51. The molecule has 0 N–H and O–H groups in total. The summed E-state index contributed by atoms with van der Waals surface area (Å²) in [6.07, 6.45) is 0. The fraction of sp³-hybridized carbons (Fsp3) is 0.250. The summed E-state index contributed by atoms with van der Waals surface area (Å²) >= 11 is 11.6. The number of methoxy groups -OCH3 is 1. The van der Waals surface area contributed by atoms with Gasteiger partial charge < -0.3 is 4.74 Å². The minimum atomic E-state index is 0.0621.